The van der Waals surface area contributed by atoms with E-state index >= 15 is 0 Å². The predicted molar refractivity (Wildman–Crippen MR) is 87.2 cm³/mol. The van der Waals surface area contributed by atoms with Gasteiger partial charge in [-0.15, -0.1) is 0 Å². The Labute approximate surface area is 135 Å². The molecule has 1 unspecified atom stereocenters. The summed E-state index contributed by atoms with van der Waals surface area (Å²) in [7, 11) is -2.91. The predicted octanol–water partition coefficient (Wildman–Crippen LogP) is -0.256. The number of hydrogen-bond donors (Lipinski definition) is 1. The van der Waals surface area contributed by atoms with Crippen LogP contribution in [0, 0.1) is 0 Å². The number of carbonyl (C=O) groups is 1. The number of hydrogen-bond acceptors (Lipinski definition) is 7. The van der Waals surface area contributed by atoms with Gasteiger partial charge in [-0.05, 0) is 12.5 Å². The smallest absolute Gasteiger partial charge is 0.227 e. The Morgan fingerprint density at radius 1 is 1.30 bits per heavy atom. The van der Waals surface area contributed by atoms with Crippen LogP contribution in [0.2, 0.25) is 0 Å². The zero-order valence-corrected chi connectivity index (χ0v) is 13.9. The number of aromatic nitrogens is 2. The molecule has 9 heteroatoms. The Bertz CT molecular complexity index is 685. The van der Waals surface area contributed by atoms with Crippen LogP contribution in [0.5, 0.6) is 0 Å². The van der Waals surface area contributed by atoms with Crippen molar-refractivity contribution in [2.45, 2.75) is 19.4 Å². The van der Waals surface area contributed by atoms with Crippen molar-refractivity contribution < 1.29 is 13.2 Å². The van der Waals surface area contributed by atoms with E-state index in [4.69, 9.17) is 0 Å². The summed E-state index contributed by atoms with van der Waals surface area (Å²) in [6, 6.07) is 1.66. The van der Waals surface area contributed by atoms with E-state index in [1.807, 2.05) is 9.80 Å². The van der Waals surface area contributed by atoms with Crippen molar-refractivity contribution in [3.8, 4) is 0 Å². The lowest BCUT2D eigenvalue weighted by molar-refractivity contribution is -0.129. The molecule has 0 bridgehead atoms. The van der Waals surface area contributed by atoms with Crippen LogP contribution >= 0.6 is 0 Å². The third-order valence-electron chi connectivity index (χ3n) is 4.24. The van der Waals surface area contributed by atoms with Crippen LogP contribution in [-0.4, -0.2) is 72.9 Å². The molecule has 1 N–H and O–H groups in total. The van der Waals surface area contributed by atoms with Crippen LogP contribution in [0.1, 0.15) is 13.3 Å². The highest BCUT2D eigenvalue weighted by Crippen LogP contribution is 2.18. The second-order valence-electron chi connectivity index (χ2n) is 5.98. The molecule has 0 saturated carbocycles. The van der Waals surface area contributed by atoms with Gasteiger partial charge in [-0.25, -0.2) is 13.4 Å². The van der Waals surface area contributed by atoms with Crippen LogP contribution in [-0.2, 0) is 14.6 Å². The third-order valence-corrected chi connectivity index (χ3v) is 6.00. The molecule has 1 amide bonds. The molecule has 23 heavy (non-hydrogen) atoms. The maximum atomic E-state index is 11.5. The van der Waals surface area contributed by atoms with Gasteiger partial charge in [-0.2, -0.15) is 4.98 Å². The van der Waals surface area contributed by atoms with E-state index in [2.05, 4.69) is 15.3 Å². The number of sulfone groups is 1. The molecule has 2 saturated heterocycles. The number of carbonyl (C=O) groups excluding carboxylic acids is 1. The summed E-state index contributed by atoms with van der Waals surface area (Å²) in [4.78, 5) is 24.0. The topological polar surface area (TPSA) is 95.5 Å². The molecule has 2 aliphatic rings. The van der Waals surface area contributed by atoms with E-state index in [-0.39, 0.29) is 23.5 Å². The molecule has 3 heterocycles. The number of amides is 1. The highest BCUT2D eigenvalue weighted by molar-refractivity contribution is 7.91. The Morgan fingerprint density at radius 3 is 2.65 bits per heavy atom. The molecular formula is C14H21N5O3S. The van der Waals surface area contributed by atoms with E-state index in [9.17, 15) is 13.2 Å². The van der Waals surface area contributed by atoms with Crippen molar-refractivity contribution in [3.05, 3.63) is 12.3 Å². The average molecular weight is 339 g/mol. The van der Waals surface area contributed by atoms with Crippen LogP contribution in [0.15, 0.2) is 12.3 Å². The Kier molecular flexibility index (Phi) is 4.38. The summed E-state index contributed by atoms with van der Waals surface area (Å²) in [6.07, 6.45) is 2.28. The molecule has 1 atom stereocenters. The molecule has 2 fully saturated rings. The molecule has 0 spiro atoms. The van der Waals surface area contributed by atoms with Gasteiger partial charge >= 0.3 is 0 Å². The number of nitrogens with zero attached hydrogens (tertiary/aromatic N) is 4. The van der Waals surface area contributed by atoms with Gasteiger partial charge in [0.1, 0.15) is 5.82 Å². The van der Waals surface area contributed by atoms with E-state index in [0.29, 0.717) is 44.4 Å². The summed E-state index contributed by atoms with van der Waals surface area (Å²) >= 11 is 0. The van der Waals surface area contributed by atoms with Crippen LogP contribution in [0.3, 0.4) is 0 Å². The SMILES string of the molecule is CC(=O)N1CCN(c2nccc(NC3CCS(=O)(=O)C3)n2)CC1. The van der Waals surface area contributed by atoms with Crippen molar-refractivity contribution in [2.24, 2.45) is 0 Å². The molecule has 1 aromatic heterocycles. The number of anilines is 2. The first-order chi connectivity index (χ1) is 10.9. The van der Waals surface area contributed by atoms with Crippen molar-refractivity contribution in [3.63, 3.8) is 0 Å². The zero-order valence-electron chi connectivity index (χ0n) is 13.1. The van der Waals surface area contributed by atoms with Gasteiger partial charge in [-0.3, -0.25) is 4.79 Å². The Morgan fingerprint density at radius 2 is 2.04 bits per heavy atom. The normalized spacial score (nSPS) is 23.8. The largest absolute Gasteiger partial charge is 0.366 e. The lowest BCUT2D eigenvalue weighted by atomic mass is 10.2. The van der Waals surface area contributed by atoms with Crippen LogP contribution in [0.4, 0.5) is 11.8 Å². The third kappa shape index (κ3) is 3.90. The lowest BCUT2D eigenvalue weighted by Crippen LogP contribution is -2.48. The zero-order chi connectivity index (χ0) is 16.4. The second-order valence-corrected chi connectivity index (χ2v) is 8.21. The minimum Gasteiger partial charge on any atom is -0.366 e. The molecule has 2 aliphatic heterocycles. The first kappa shape index (κ1) is 16.0. The van der Waals surface area contributed by atoms with Crippen molar-refractivity contribution in [1.82, 2.24) is 14.9 Å². The maximum absolute atomic E-state index is 11.5. The fraction of sp³-hybridized carbons (Fsp3) is 0.643. The van der Waals surface area contributed by atoms with E-state index in [1.165, 1.54) is 0 Å². The van der Waals surface area contributed by atoms with Gasteiger partial charge in [0, 0.05) is 45.3 Å². The Balaban J connectivity index is 1.63. The van der Waals surface area contributed by atoms with Gasteiger partial charge in [0.25, 0.3) is 0 Å². The Hall–Kier alpha value is -1.90. The fourth-order valence-electron chi connectivity index (χ4n) is 2.92. The minimum atomic E-state index is -2.91. The molecular weight excluding hydrogens is 318 g/mol. The van der Waals surface area contributed by atoms with Gasteiger partial charge < -0.3 is 15.1 Å². The molecule has 3 rings (SSSR count). The second kappa shape index (κ2) is 6.31. The minimum absolute atomic E-state index is 0.0858. The first-order valence-corrected chi connectivity index (χ1v) is 9.55. The quantitative estimate of drug-likeness (QED) is 0.811. The van der Waals surface area contributed by atoms with Gasteiger partial charge in [0.2, 0.25) is 11.9 Å². The number of nitrogens with one attached hydrogen (secondary N) is 1. The van der Waals surface area contributed by atoms with E-state index < -0.39 is 9.84 Å². The van der Waals surface area contributed by atoms with Gasteiger partial charge in [-0.1, -0.05) is 0 Å². The standard InChI is InChI=1S/C14H21N5O3S/c1-11(20)18-5-7-19(8-6-18)14-15-4-2-13(17-14)16-12-3-9-23(21,22)10-12/h2,4,12H,3,5-10H2,1H3,(H,15,16,17). The molecule has 0 aliphatic carbocycles. The first-order valence-electron chi connectivity index (χ1n) is 7.73. The van der Waals surface area contributed by atoms with Crippen molar-refractivity contribution in [2.75, 3.05) is 47.9 Å². The summed E-state index contributed by atoms with van der Waals surface area (Å²) in [5.41, 5.74) is 0. The molecule has 0 radical (unpaired) electrons. The molecule has 1 aromatic rings. The van der Waals surface area contributed by atoms with E-state index in [0.717, 1.165) is 0 Å². The highest BCUT2D eigenvalue weighted by atomic mass is 32.2. The number of rotatable bonds is 3. The van der Waals surface area contributed by atoms with Crippen LogP contribution in [0.25, 0.3) is 0 Å². The molecule has 126 valence electrons. The van der Waals surface area contributed by atoms with Crippen molar-refractivity contribution in [1.29, 1.82) is 0 Å². The summed E-state index contributed by atoms with van der Waals surface area (Å²) < 4.78 is 23.0. The lowest BCUT2D eigenvalue weighted by Gasteiger charge is -2.34. The molecule has 8 nitrogen and oxygen atoms in total. The number of piperazine rings is 1. The average Bonchev–Trinajstić information content (AvgIpc) is 2.86. The maximum Gasteiger partial charge on any atom is 0.227 e. The summed E-state index contributed by atoms with van der Waals surface area (Å²) in [5, 5.41) is 3.18. The molecule has 0 aromatic carbocycles. The summed E-state index contributed by atoms with van der Waals surface area (Å²) in [5.74, 6) is 1.73. The van der Waals surface area contributed by atoms with Gasteiger partial charge in [0.15, 0.2) is 9.84 Å². The fourth-order valence-corrected chi connectivity index (χ4v) is 4.59. The summed E-state index contributed by atoms with van der Waals surface area (Å²) in [6.45, 7) is 4.29. The monoisotopic (exact) mass is 339 g/mol. The van der Waals surface area contributed by atoms with Gasteiger partial charge in [0.05, 0.1) is 11.5 Å². The van der Waals surface area contributed by atoms with Crippen LogP contribution < -0.4 is 10.2 Å². The van der Waals surface area contributed by atoms with E-state index in [1.54, 1.807) is 19.2 Å². The van der Waals surface area contributed by atoms with Crippen molar-refractivity contribution >= 4 is 27.5 Å². The highest BCUT2D eigenvalue weighted by Gasteiger charge is 2.28.